The van der Waals surface area contributed by atoms with Gasteiger partial charge in [0.05, 0.1) is 17.7 Å². The lowest BCUT2D eigenvalue weighted by atomic mass is 10.1. The number of amides is 2. The number of hydrogen-bond donors (Lipinski definition) is 1. The van der Waals surface area contributed by atoms with E-state index in [1.807, 2.05) is 38.1 Å². The Morgan fingerprint density at radius 2 is 1.61 bits per heavy atom. The smallest absolute Gasteiger partial charge is 0.264 e. The quantitative estimate of drug-likeness (QED) is 0.398. The van der Waals surface area contributed by atoms with Crippen molar-refractivity contribution >= 4 is 27.5 Å². The van der Waals surface area contributed by atoms with Crippen LogP contribution < -0.4 is 14.4 Å². The summed E-state index contributed by atoms with van der Waals surface area (Å²) < 4.78 is 33.9. The largest absolute Gasteiger partial charge is 0.497 e. The lowest BCUT2D eigenvalue weighted by Crippen LogP contribution is -2.51. The molecule has 0 saturated carbocycles. The SMILES string of the molecule is CCNC(=O)[C@H](C)N(Cc1cccc(C)c1)C(=O)CN(c1ccc(OC)cc1)S(=O)(=O)c1ccc(C)cc1. The molecule has 0 saturated heterocycles. The molecule has 3 aromatic carbocycles. The topological polar surface area (TPSA) is 96.0 Å². The Morgan fingerprint density at radius 3 is 2.18 bits per heavy atom. The fraction of sp³-hybridized carbons (Fsp3) is 0.310. The molecule has 9 heteroatoms. The van der Waals surface area contributed by atoms with Crippen LogP contribution in [-0.2, 0) is 26.2 Å². The second-order valence-corrected chi connectivity index (χ2v) is 11.0. The molecule has 0 aromatic heterocycles. The highest BCUT2D eigenvalue weighted by atomic mass is 32.2. The number of rotatable bonds is 11. The number of nitrogens with zero attached hydrogens (tertiary/aromatic N) is 2. The number of carbonyl (C=O) groups is 2. The van der Waals surface area contributed by atoms with Gasteiger partial charge in [0.25, 0.3) is 10.0 Å². The van der Waals surface area contributed by atoms with Gasteiger partial charge in [0.15, 0.2) is 0 Å². The highest BCUT2D eigenvalue weighted by molar-refractivity contribution is 7.92. The van der Waals surface area contributed by atoms with Gasteiger partial charge in [-0.15, -0.1) is 0 Å². The second kappa shape index (κ2) is 12.6. The summed E-state index contributed by atoms with van der Waals surface area (Å²) in [6.45, 7) is 7.34. The fourth-order valence-corrected chi connectivity index (χ4v) is 5.44. The predicted octanol–water partition coefficient (Wildman–Crippen LogP) is 4.06. The summed E-state index contributed by atoms with van der Waals surface area (Å²) in [6, 6.07) is 19.8. The van der Waals surface area contributed by atoms with E-state index < -0.39 is 28.5 Å². The molecule has 0 unspecified atom stereocenters. The molecule has 0 fully saturated rings. The molecule has 1 N–H and O–H groups in total. The molecule has 0 heterocycles. The van der Waals surface area contributed by atoms with Gasteiger partial charge in [-0.25, -0.2) is 8.42 Å². The van der Waals surface area contributed by atoms with Gasteiger partial charge in [-0.05, 0) is 69.7 Å². The molecule has 202 valence electrons. The van der Waals surface area contributed by atoms with Crippen molar-refractivity contribution in [3.63, 3.8) is 0 Å². The van der Waals surface area contributed by atoms with Crippen molar-refractivity contribution in [1.82, 2.24) is 10.2 Å². The minimum Gasteiger partial charge on any atom is -0.497 e. The molecule has 38 heavy (non-hydrogen) atoms. The minimum absolute atomic E-state index is 0.0636. The summed E-state index contributed by atoms with van der Waals surface area (Å²) in [5.74, 6) is -0.263. The number of carbonyl (C=O) groups excluding carboxylic acids is 2. The zero-order valence-electron chi connectivity index (χ0n) is 22.5. The first-order valence-corrected chi connectivity index (χ1v) is 13.9. The summed E-state index contributed by atoms with van der Waals surface area (Å²) in [5, 5.41) is 2.76. The van der Waals surface area contributed by atoms with E-state index in [2.05, 4.69) is 5.32 Å². The number of nitrogens with one attached hydrogen (secondary N) is 1. The Balaban J connectivity index is 2.03. The van der Waals surface area contributed by atoms with Gasteiger partial charge in [-0.3, -0.25) is 13.9 Å². The molecule has 0 aliphatic heterocycles. The first kappa shape index (κ1) is 28.7. The standard InChI is InChI=1S/C29H35N3O5S/c1-6-30-29(34)23(4)31(19-24-9-7-8-22(3)18-24)28(33)20-32(25-12-14-26(37-5)15-13-25)38(35,36)27-16-10-21(2)11-17-27/h7-18,23H,6,19-20H2,1-5H3,(H,30,34)/t23-/m0/s1. The molecule has 0 spiro atoms. The van der Waals surface area contributed by atoms with Crippen LogP contribution in [0.15, 0.2) is 77.7 Å². The number of anilines is 1. The van der Waals surface area contributed by atoms with Crippen LogP contribution in [0.5, 0.6) is 5.75 Å². The van der Waals surface area contributed by atoms with Crippen molar-refractivity contribution in [2.45, 2.75) is 45.2 Å². The van der Waals surface area contributed by atoms with Crippen LogP contribution in [0, 0.1) is 13.8 Å². The number of benzene rings is 3. The van der Waals surface area contributed by atoms with Gasteiger partial charge in [-0.1, -0.05) is 47.5 Å². The van der Waals surface area contributed by atoms with E-state index in [9.17, 15) is 18.0 Å². The van der Waals surface area contributed by atoms with Gasteiger partial charge in [0, 0.05) is 13.1 Å². The second-order valence-electron chi connectivity index (χ2n) is 9.10. The van der Waals surface area contributed by atoms with Crippen LogP contribution >= 0.6 is 0 Å². The maximum atomic E-state index is 13.8. The predicted molar refractivity (Wildman–Crippen MR) is 149 cm³/mol. The van der Waals surface area contributed by atoms with Crippen LogP contribution in [0.3, 0.4) is 0 Å². The van der Waals surface area contributed by atoms with Crippen molar-refractivity contribution < 1.29 is 22.7 Å². The Bertz CT molecular complexity index is 1360. The molecular weight excluding hydrogens is 502 g/mol. The van der Waals surface area contributed by atoms with E-state index in [1.165, 1.54) is 24.1 Å². The molecule has 0 bridgehead atoms. The molecule has 1 atom stereocenters. The molecule has 8 nitrogen and oxygen atoms in total. The summed E-state index contributed by atoms with van der Waals surface area (Å²) in [6.07, 6.45) is 0. The van der Waals surface area contributed by atoms with E-state index in [0.717, 1.165) is 21.0 Å². The number of hydrogen-bond acceptors (Lipinski definition) is 5. The molecule has 0 aliphatic rings. The van der Waals surface area contributed by atoms with Crippen molar-refractivity contribution in [2.75, 3.05) is 24.5 Å². The van der Waals surface area contributed by atoms with Crippen molar-refractivity contribution in [1.29, 1.82) is 0 Å². The van der Waals surface area contributed by atoms with Gasteiger partial charge in [0.1, 0.15) is 18.3 Å². The maximum absolute atomic E-state index is 13.8. The van der Waals surface area contributed by atoms with Crippen LogP contribution in [0.25, 0.3) is 0 Å². The van der Waals surface area contributed by atoms with Crippen LogP contribution in [0.4, 0.5) is 5.69 Å². The highest BCUT2D eigenvalue weighted by Crippen LogP contribution is 2.27. The Morgan fingerprint density at radius 1 is 0.947 bits per heavy atom. The van der Waals surface area contributed by atoms with Gasteiger partial charge >= 0.3 is 0 Å². The van der Waals surface area contributed by atoms with Crippen LogP contribution in [0.2, 0.25) is 0 Å². The van der Waals surface area contributed by atoms with Crippen molar-refractivity contribution in [3.05, 3.63) is 89.5 Å². The first-order valence-electron chi connectivity index (χ1n) is 12.4. The van der Waals surface area contributed by atoms with Crippen LogP contribution in [-0.4, -0.2) is 51.4 Å². The third kappa shape index (κ3) is 6.92. The molecule has 0 aliphatic carbocycles. The van der Waals surface area contributed by atoms with Gasteiger partial charge in [-0.2, -0.15) is 0 Å². The zero-order valence-corrected chi connectivity index (χ0v) is 23.3. The van der Waals surface area contributed by atoms with E-state index >= 15 is 0 Å². The van der Waals surface area contributed by atoms with Crippen LogP contribution in [0.1, 0.15) is 30.5 Å². The fourth-order valence-electron chi connectivity index (χ4n) is 4.03. The number of sulfonamides is 1. The molecular formula is C29H35N3O5S. The summed E-state index contributed by atoms with van der Waals surface area (Å²) >= 11 is 0. The van der Waals surface area contributed by atoms with E-state index in [1.54, 1.807) is 50.2 Å². The molecule has 3 rings (SSSR count). The van der Waals surface area contributed by atoms with Gasteiger partial charge in [0.2, 0.25) is 11.8 Å². The molecule has 3 aromatic rings. The maximum Gasteiger partial charge on any atom is 0.264 e. The molecule has 0 radical (unpaired) electrons. The highest BCUT2D eigenvalue weighted by Gasteiger charge is 2.32. The first-order chi connectivity index (χ1) is 18.1. The zero-order chi connectivity index (χ0) is 27.9. The number of methoxy groups -OCH3 is 1. The third-order valence-corrected chi connectivity index (χ3v) is 7.99. The Kier molecular flexibility index (Phi) is 9.52. The lowest BCUT2D eigenvalue weighted by Gasteiger charge is -2.32. The van der Waals surface area contributed by atoms with E-state index in [0.29, 0.717) is 18.0 Å². The summed E-state index contributed by atoms with van der Waals surface area (Å²) in [4.78, 5) is 28.1. The Hall–Kier alpha value is -3.85. The Labute approximate surface area is 225 Å². The normalized spacial score (nSPS) is 11.9. The van der Waals surface area contributed by atoms with Crippen molar-refractivity contribution in [2.24, 2.45) is 0 Å². The monoisotopic (exact) mass is 537 g/mol. The number of likely N-dealkylation sites (N-methyl/N-ethyl adjacent to an activating group) is 1. The van der Waals surface area contributed by atoms with E-state index in [4.69, 9.17) is 4.74 Å². The number of aryl methyl sites for hydroxylation is 2. The third-order valence-electron chi connectivity index (χ3n) is 6.20. The number of ether oxygens (including phenoxy) is 1. The lowest BCUT2D eigenvalue weighted by molar-refractivity contribution is -0.139. The minimum atomic E-state index is -4.11. The van der Waals surface area contributed by atoms with Crippen molar-refractivity contribution in [3.8, 4) is 5.75 Å². The van der Waals surface area contributed by atoms with Gasteiger partial charge < -0.3 is 15.0 Å². The molecule has 2 amide bonds. The average molecular weight is 538 g/mol. The summed E-state index contributed by atoms with van der Waals surface area (Å²) in [5.41, 5.74) is 3.08. The summed E-state index contributed by atoms with van der Waals surface area (Å²) in [7, 11) is -2.59. The van der Waals surface area contributed by atoms with E-state index in [-0.39, 0.29) is 17.3 Å². The average Bonchev–Trinajstić information content (AvgIpc) is 2.90.